The van der Waals surface area contributed by atoms with Gasteiger partial charge in [0.15, 0.2) is 0 Å². The van der Waals surface area contributed by atoms with Crippen LogP contribution in [0, 0.1) is 0 Å². The lowest BCUT2D eigenvalue weighted by Crippen LogP contribution is -2.11. The van der Waals surface area contributed by atoms with Gasteiger partial charge in [-0.1, -0.05) is 121 Å². The lowest BCUT2D eigenvalue weighted by atomic mass is 9.93. The minimum absolute atomic E-state index is 0.896. The van der Waals surface area contributed by atoms with Gasteiger partial charge >= 0.3 is 0 Å². The van der Waals surface area contributed by atoms with Crippen molar-refractivity contribution in [2.45, 2.75) is 0 Å². The second-order valence-corrected chi connectivity index (χ2v) is 12.7. The number of pyridine rings is 1. The van der Waals surface area contributed by atoms with Gasteiger partial charge in [-0.25, -0.2) is 4.98 Å². The van der Waals surface area contributed by atoms with E-state index in [-0.39, 0.29) is 0 Å². The molecule has 0 aliphatic rings. The Balaban J connectivity index is 1.18. The molecular formula is C43H28N2S. The van der Waals surface area contributed by atoms with Crippen molar-refractivity contribution in [1.82, 2.24) is 4.98 Å². The Bertz CT molecular complexity index is 2510. The van der Waals surface area contributed by atoms with Crippen molar-refractivity contribution in [2.75, 3.05) is 4.90 Å². The fraction of sp³-hybridized carbons (Fsp3) is 0. The predicted molar refractivity (Wildman–Crippen MR) is 198 cm³/mol. The summed E-state index contributed by atoms with van der Waals surface area (Å²) in [5.41, 5.74) is 8.00. The van der Waals surface area contributed by atoms with Crippen molar-refractivity contribution in [3.8, 4) is 22.3 Å². The molecule has 0 unspecified atom stereocenters. The maximum absolute atomic E-state index is 5.29. The Morgan fingerprint density at radius 3 is 1.76 bits per heavy atom. The van der Waals surface area contributed by atoms with Crippen molar-refractivity contribution in [2.24, 2.45) is 0 Å². The average Bonchev–Trinajstić information content (AvgIpc) is 3.51. The third-order valence-electron chi connectivity index (χ3n) is 8.87. The van der Waals surface area contributed by atoms with Gasteiger partial charge in [-0.15, -0.1) is 11.3 Å². The van der Waals surface area contributed by atoms with Gasteiger partial charge in [-0.05, 0) is 92.3 Å². The van der Waals surface area contributed by atoms with Crippen LogP contribution < -0.4 is 4.90 Å². The molecule has 0 aliphatic carbocycles. The van der Waals surface area contributed by atoms with E-state index in [4.69, 9.17) is 4.98 Å². The minimum atomic E-state index is 0.896. The monoisotopic (exact) mass is 604 g/mol. The molecule has 216 valence electrons. The van der Waals surface area contributed by atoms with Gasteiger partial charge < -0.3 is 0 Å². The third kappa shape index (κ3) is 4.52. The number of anilines is 3. The van der Waals surface area contributed by atoms with Crippen molar-refractivity contribution >= 4 is 70.4 Å². The first-order valence-electron chi connectivity index (χ1n) is 15.5. The van der Waals surface area contributed by atoms with Gasteiger partial charge in [0.1, 0.15) is 5.82 Å². The van der Waals surface area contributed by atoms with Crippen molar-refractivity contribution in [3.05, 3.63) is 170 Å². The molecule has 3 heteroatoms. The number of rotatable bonds is 5. The lowest BCUT2D eigenvalue weighted by molar-refractivity contribution is 1.21. The summed E-state index contributed by atoms with van der Waals surface area (Å²) in [5.74, 6) is 0.896. The SMILES string of the molecule is c1ccc(-c2ccc(N(c3ccc(-c4cc5ccccc5c5ccccc45)cc3)c3ccc4sc5ccccc5c4n3)cc2)cc1. The molecule has 0 N–H and O–H groups in total. The maximum atomic E-state index is 5.29. The Morgan fingerprint density at radius 2 is 1.00 bits per heavy atom. The highest BCUT2D eigenvalue weighted by molar-refractivity contribution is 7.25. The van der Waals surface area contributed by atoms with Crippen molar-refractivity contribution in [1.29, 1.82) is 0 Å². The number of hydrogen-bond donors (Lipinski definition) is 0. The molecule has 9 rings (SSSR count). The summed E-state index contributed by atoms with van der Waals surface area (Å²) in [5, 5.41) is 6.27. The van der Waals surface area contributed by atoms with Crippen molar-refractivity contribution in [3.63, 3.8) is 0 Å². The summed E-state index contributed by atoms with van der Waals surface area (Å²) in [6.07, 6.45) is 0. The molecule has 0 saturated carbocycles. The van der Waals surface area contributed by atoms with Crippen LogP contribution in [0.4, 0.5) is 17.2 Å². The quantitative estimate of drug-likeness (QED) is 0.182. The van der Waals surface area contributed by atoms with E-state index >= 15 is 0 Å². The molecule has 0 radical (unpaired) electrons. The van der Waals surface area contributed by atoms with Gasteiger partial charge in [-0.2, -0.15) is 0 Å². The van der Waals surface area contributed by atoms with Crippen molar-refractivity contribution < 1.29 is 0 Å². The average molecular weight is 605 g/mol. The highest BCUT2D eigenvalue weighted by Gasteiger charge is 2.17. The fourth-order valence-corrected chi connectivity index (χ4v) is 7.68. The molecule has 0 saturated heterocycles. The van der Waals surface area contributed by atoms with Gasteiger partial charge in [0.2, 0.25) is 0 Å². The fourth-order valence-electron chi connectivity index (χ4n) is 6.64. The van der Waals surface area contributed by atoms with E-state index in [9.17, 15) is 0 Å². The molecule has 0 spiro atoms. The zero-order chi connectivity index (χ0) is 30.5. The van der Waals surface area contributed by atoms with E-state index in [1.54, 1.807) is 11.3 Å². The largest absolute Gasteiger partial charge is 0.295 e. The van der Waals surface area contributed by atoms with Crippen LogP contribution in [0.15, 0.2) is 170 Å². The molecule has 2 aromatic heterocycles. The topological polar surface area (TPSA) is 16.1 Å². The first-order valence-corrected chi connectivity index (χ1v) is 16.4. The van der Waals surface area contributed by atoms with Crippen LogP contribution in [0.3, 0.4) is 0 Å². The Labute approximate surface area is 271 Å². The molecule has 0 fully saturated rings. The molecular weight excluding hydrogens is 577 g/mol. The summed E-state index contributed by atoms with van der Waals surface area (Å²) in [4.78, 5) is 7.56. The van der Waals surface area contributed by atoms with E-state index in [1.807, 2.05) is 0 Å². The van der Waals surface area contributed by atoms with Gasteiger partial charge in [0.25, 0.3) is 0 Å². The summed E-state index contributed by atoms with van der Waals surface area (Å²) in [6, 6.07) is 60.9. The Morgan fingerprint density at radius 1 is 0.413 bits per heavy atom. The number of hydrogen-bond acceptors (Lipinski definition) is 3. The first-order chi connectivity index (χ1) is 22.8. The number of aromatic nitrogens is 1. The second-order valence-electron chi connectivity index (χ2n) is 11.6. The van der Waals surface area contributed by atoms with E-state index in [0.717, 1.165) is 22.7 Å². The number of nitrogens with zero attached hydrogens (tertiary/aromatic N) is 2. The van der Waals surface area contributed by atoms with Crippen LogP contribution in [0.2, 0.25) is 0 Å². The standard InChI is InChI=1S/C43H28N2S/c1-2-10-29(11-3-1)30-18-22-33(23-19-30)45(42-27-26-41-43(44-42)38-16-8-9-17-40(38)46-41)34-24-20-31(21-25-34)39-28-32-12-4-5-13-35(32)36-14-6-7-15-37(36)39/h1-28H. The highest BCUT2D eigenvalue weighted by atomic mass is 32.1. The normalized spacial score (nSPS) is 11.5. The van der Waals surface area contributed by atoms with Crippen LogP contribution in [-0.2, 0) is 0 Å². The second kappa shape index (κ2) is 11.0. The number of fused-ring (bicyclic) bond motifs is 6. The molecule has 7 aromatic carbocycles. The van der Waals surface area contributed by atoms with Crippen LogP contribution in [-0.4, -0.2) is 4.98 Å². The summed E-state index contributed by atoms with van der Waals surface area (Å²) >= 11 is 1.79. The molecule has 2 heterocycles. The van der Waals surface area contributed by atoms with Gasteiger partial charge in [-0.3, -0.25) is 4.90 Å². The Kier molecular flexibility index (Phi) is 6.36. The van der Waals surface area contributed by atoms with Crippen LogP contribution in [0.1, 0.15) is 0 Å². The highest BCUT2D eigenvalue weighted by Crippen LogP contribution is 2.40. The third-order valence-corrected chi connectivity index (χ3v) is 10.00. The number of benzene rings is 7. The predicted octanol–water partition coefficient (Wildman–Crippen LogP) is 12.6. The van der Waals surface area contributed by atoms with E-state index < -0.39 is 0 Å². The van der Waals surface area contributed by atoms with Gasteiger partial charge in [0.05, 0.1) is 10.2 Å². The molecule has 0 aliphatic heterocycles. The van der Waals surface area contributed by atoms with Crippen LogP contribution in [0.25, 0.3) is 64.1 Å². The van der Waals surface area contributed by atoms with Crippen LogP contribution >= 0.6 is 11.3 Å². The molecule has 0 bridgehead atoms. The summed E-state index contributed by atoms with van der Waals surface area (Å²) < 4.78 is 2.45. The van der Waals surface area contributed by atoms with E-state index in [0.29, 0.717) is 0 Å². The summed E-state index contributed by atoms with van der Waals surface area (Å²) in [6.45, 7) is 0. The minimum Gasteiger partial charge on any atom is -0.295 e. The molecule has 46 heavy (non-hydrogen) atoms. The molecule has 0 amide bonds. The van der Waals surface area contributed by atoms with Crippen LogP contribution in [0.5, 0.6) is 0 Å². The lowest BCUT2D eigenvalue weighted by Gasteiger charge is -2.25. The first kappa shape index (κ1) is 26.6. The number of thiophene rings is 1. The summed E-state index contributed by atoms with van der Waals surface area (Å²) in [7, 11) is 0. The molecule has 0 atom stereocenters. The molecule has 2 nitrogen and oxygen atoms in total. The zero-order valence-electron chi connectivity index (χ0n) is 25.0. The smallest absolute Gasteiger partial charge is 0.138 e. The van der Waals surface area contributed by atoms with Gasteiger partial charge in [0, 0.05) is 21.5 Å². The maximum Gasteiger partial charge on any atom is 0.138 e. The molecule has 9 aromatic rings. The Hall–Kier alpha value is -5.77. The van der Waals surface area contributed by atoms with E-state index in [2.05, 4.69) is 175 Å². The van der Waals surface area contributed by atoms with E-state index in [1.165, 1.54) is 58.6 Å². The zero-order valence-corrected chi connectivity index (χ0v) is 25.8.